The molecule has 0 aromatic heterocycles. The molecule has 1 saturated heterocycles. The van der Waals surface area contributed by atoms with Crippen molar-refractivity contribution in [2.45, 2.75) is 18.1 Å². The second kappa shape index (κ2) is 6.47. The molecule has 2 aromatic carbocycles. The molecular formula is C17H13F4NOS. The van der Waals surface area contributed by atoms with Gasteiger partial charge in [0, 0.05) is 6.54 Å². The molecule has 0 saturated carbocycles. The number of rotatable bonds is 3. The number of amides is 1. The first-order valence-electron chi connectivity index (χ1n) is 7.17. The number of hydrogen-bond acceptors (Lipinski definition) is 2. The fourth-order valence-corrected chi connectivity index (χ4v) is 3.76. The maximum Gasteiger partial charge on any atom is 0.416 e. The summed E-state index contributed by atoms with van der Waals surface area (Å²) in [5.74, 6) is -0.256. The Balaban J connectivity index is 1.82. The van der Waals surface area contributed by atoms with E-state index in [1.807, 2.05) is 0 Å². The molecule has 0 N–H and O–H groups in total. The molecule has 24 heavy (non-hydrogen) atoms. The first-order valence-corrected chi connectivity index (χ1v) is 8.22. The Morgan fingerprint density at radius 1 is 1.12 bits per heavy atom. The van der Waals surface area contributed by atoms with Crippen LogP contribution in [0.4, 0.5) is 17.6 Å². The van der Waals surface area contributed by atoms with Crippen LogP contribution in [0.2, 0.25) is 0 Å². The van der Waals surface area contributed by atoms with E-state index in [-0.39, 0.29) is 23.6 Å². The van der Waals surface area contributed by atoms with Crippen LogP contribution in [0, 0.1) is 5.82 Å². The van der Waals surface area contributed by atoms with Gasteiger partial charge in [0.25, 0.3) is 0 Å². The highest BCUT2D eigenvalue weighted by Gasteiger charge is 2.34. The topological polar surface area (TPSA) is 20.3 Å². The molecule has 1 atom stereocenters. The molecule has 0 aliphatic carbocycles. The van der Waals surface area contributed by atoms with Gasteiger partial charge in [-0.1, -0.05) is 24.3 Å². The van der Waals surface area contributed by atoms with Gasteiger partial charge in [-0.25, -0.2) is 4.39 Å². The van der Waals surface area contributed by atoms with E-state index in [0.29, 0.717) is 11.1 Å². The molecule has 3 rings (SSSR count). The Hall–Kier alpha value is -2.02. The summed E-state index contributed by atoms with van der Waals surface area (Å²) in [5, 5.41) is -0.372. The summed E-state index contributed by atoms with van der Waals surface area (Å²) in [6.45, 7) is 0.218. The molecule has 126 valence electrons. The zero-order valence-electron chi connectivity index (χ0n) is 12.4. The lowest BCUT2D eigenvalue weighted by Crippen LogP contribution is -2.27. The SMILES string of the molecule is O=C1CSC(c2ccc(C(F)(F)F)cc2)N1Cc1cccc(F)c1. The number of hydrogen-bond donors (Lipinski definition) is 0. The molecule has 0 radical (unpaired) electrons. The Labute approximate surface area is 140 Å². The van der Waals surface area contributed by atoms with Gasteiger partial charge in [0.1, 0.15) is 11.2 Å². The van der Waals surface area contributed by atoms with Gasteiger partial charge >= 0.3 is 6.18 Å². The van der Waals surface area contributed by atoms with Gasteiger partial charge in [0.15, 0.2) is 0 Å². The molecule has 1 aliphatic rings. The van der Waals surface area contributed by atoms with E-state index in [1.165, 1.54) is 36.0 Å². The Kier molecular flexibility index (Phi) is 4.54. The smallest absolute Gasteiger partial charge is 0.322 e. The molecule has 1 unspecified atom stereocenters. The summed E-state index contributed by atoms with van der Waals surface area (Å²) in [6, 6.07) is 10.7. The molecule has 0 bridgehead atoms. The summed E-state index contributed by atoms with van der Waals surface area (Å²) in [6.07, 6.45) is -4.39. The van der Waals surface area contributed by atoms with Crippen LogP contribution in [0.25, 0.3) is 0 Å². The molecule has 1 aliphatic heterocycles. The lowest BCUT2D eigenvalue weighted by molar-refractivity contribution is -0.137. The molecule has 7 heteroatoms. The summed E-state index contributed by atoms with van der Waals surface area (Å²) in [5.41, 5.74) is 0.537. The second-order valence-electron chi connectivity index (χ2n) is 5.43. The fourth-order valence-electron chi connectivity index (χ4n) is 2.57. The van der Waals surface area contributed by atoms with Crippen molar-refractivity contribution in [2.75, 3.05) is 5.75 Å². The maximum absolute atomic E-state index is 13.3. The van der Waals surface area contributed by atoms with E-state index >= 15 is 0 Å². The Morgan fingerprint density at radius 3 is 2.46 bits per heavy atom. The highest BCUT2D eigenvalue weighted by Crippen LogP contribution is 2.40. The van der Waals surface area contributed by atoms with Crippen LogP contribution in [0.5, 0.6) is 0 Å². The predicted octanol–water partition coefficient (Wildman–Crippen LogP) is 4.62. The minimum Gasteiger partial charge on any atom is -0.322 e. The number of benzene rings is 2. The normalized spacial score (nSPS) is 18.2. The van der Waals surface area contributed by atoms with Gasteiger partial charge in [-0.3, -0.25) is 4.79 Å². The first kappa shape index (κ1) is 16.8. The number of halogens is 4. The average molecular weight is 355 g/mol. The lowest BCUT2D eigenvalue weighted by atomic mass is 10.1. The van der Waals surface area contributed by atoms with E-state index in [2.05, 4.69) is 0 Å². The molecule has 2 aromatic rings. The zero-order valence-corrected chi connectivity index (χ0v) is 13.2. The van der Waals surface area contributed by atoms with Gasteiger partial charge in [0.2, 0.25) is 5.91 Å². The monoisotopic (exact) mass is 355 g/mol. The van der Waals surface area contributed by atoms with Gasteiger partial charge in [-0.2, -0.15) is 13.2 Å². The highest BCUT2D eigenvalue weighted by molar-refractivity contribution is 8.00. The van der Waals surface area contributed by atoms with Crippen molar-refractivity contribution in [2.24, 2.45) is 0 Å². The van der Waals surface area contributed by atoms with Crippen LogP contribution >= 0.6 is 11.8 Å². The van der Waals surface area contributed by atoms with Crippen molar-refractivity contribution in [3.05, 3.63) is 71.0 Å². The third kappa shape index (κ3) is 3.56. The van der Waals surface area contributed by atoms with Crippen molar-refractivity contribution in [1.82, 2.24) is 4.90 Å². The lowest BCUT2D eigenvalue weighted by Gasteiger charge is -2.24. The minimum absolute atomic E-state index is 0.117. The van der Waals surface area contributed by atoms with Crippen LogP contribution < -0.4 is 0 Å². The summed E-state index contributed by atoms with van der Waals surface area (Å²) in [7, 11) is 0. The third-order valence-corrected chi connectivity index (χ3v) is 4.99. The number of carbonyl (C=O) groups excluding carboxylic acids is 1. The largest absolute Gasteiger partial charge is 0.416 e. The van der Waals surface area contributed by atoms with Crippen molar-refractivity contribution in [3.8, 4) is 0 Å². The molecule has 1 amide bonds. The molecule has 1 fully saturated rings. The van der Waals surface area contributed by atoms with Crippen molar-refractivity contribution in [3.63, 3.8) is 0 Å². The van der Waals surface area contributed by atoms with Gasteiger partial charge in [-0.05, 0) is 35.4 Å². The van der Waals surface area contributed by atoms with Gasteiger partial charge < -0.3 is 4.90 Å². The number of alkyl halides is 3. The summed E-state index contributed by atoms with van der Waals surface area (Å²) < 4.78 is 51.3. The Bertz CT molecular complexity index is 745. The van der Waals surface area contributed by atoms with Crippen LogP contribution in [-0.4, -0.2) is 16.6 Å². The van der Waals surface area contributed by atoms with E-state index in [1.54, 1.807) is 17.0 Å². The second-order valence-corrected chi connectivity index (χ2v) is 6.50. The van der Waals surface area contributed by atoms with Crippen LogP contribution in [0.1, 0.15) is 22.1 Å². The van der Waals surface area contributed by atoms with Crippen LogP contribution in [0.15, 0.2) is 48.5 Å². The minimum atomic E-state index is -4.39. The van der Waals surface area contributed by atoms with Gasteiger partial charge in [0.05, 0.1) is 11.3 Å². The van der Waals surface area contributed by atoms with E-state index in [4.69, 9.17) is 0 Å². The highest BCUT2D eigenvalue weighted by atomic mass is 32.2. The quantitative estimate of drug-likeness (QED) is 0.749. The molecule has 1 heterocycles. The summed E-state index contributed by atoms with van der Waals surface area (Å²) >= 11 is 1.35. The number of thioether (sulfide) groups is 1. The fraction of sp³-hybridized carbons (Fsp3) is 0.235. The van der Waals surface area contributed by atoms with Gasteiger partial charge in [-0.15, -0.1) is 11.8 Å². The first-order chi connectivity index (χ1) is 11.3. The molecular weight excluding hydrogens is 342 g/mol. The van der Waals surface area contributed by atoms with E-state index < -0.39 is 17.6 Å². The predicted molar refractivity (Wildman–Crippen MR) is 83.6 cm³/mol. The van der Waals surface area contributed by atoms with Crippen molar-refractivity contribution in [1.29, 1.82) is 0 Å². The van der Waals surface area contributed by atoms with Crippen LogP contribution in [-0.2, 0) is 17.5 Å². The standard InChI is InChI=1S/C17H13F4NOS/c18-14-3-1-2-11(8-14)9-22-15(23)10-24-16(22)12-4-6-13(7-5-12)17(19,20)21/h1-8,16H,9-10H2. The van der Waals surface area contributed by atoms with Crippen LogP contribution in [0.3, 0.4) is 0 Å². The van der Waals surface area contributed by atoms with Crippen molar-refractivity contribution >= 4 is 17.7 Å². The van der Waals surface area contributed by atoms with E-state index in [9.17, 15) is 22.4 Å². The Morgan fingerprint density at radius 2 is 1.83 bits per heavy atom. The van der Waals surface area contributed by atoms with E-state index in [0.717, 1.165) is 12.1 Å². The van der Waals surface area contributed by atoms with Crippen molar-refractivity contribution < 1.29 is 22.4 Å². The zero-order chi connectivity index (χ0) is 17.3. The third-order valence-electron chi connectivity index (χ3n) is 3.73. The number of carbonyl (C=O) groups is 1. The number of nitrogens with zero attached hydrogens (tertiary/aromatic N) is 1. The molecule has 2 nitrogen and oxygen atoms in total. The maximum atomic E-state index is 13.3. The molecule has 0 spiro atoms. The summed E-state index contributed by atoms with van der Waals surface area (Å²) in [4.78, 5) is 13.7. The average Bonchev–Trinajstić information content (AvgIpc) is 2.88.